The number of nitrogens with one attached hydrogen (secondary N) is 1. The predicted molar refractivity (Wildman–Crippen MR) is 114 cm³/mol. The summed E-state index contributed by atoms with van der Waals surface area (Å²) in [6.07, 6.45) is 4.43. The molecule has 0 radical (unpaired) electrons. The number of primary amides is 1. The molecule has 0 aliphatic carbocycles. The van der Waals surface area contributed by atoms with Gasteiger partial charge >= 0.3 is 0 Å². The summed E-state index contributed by atoms with van der Waals surface area (Å²) in [7, 11) is 0. The Morgan fingerprint density at radius 3 is 2.83 bits per heavy atom. The lowest BCUT2D eigenvalue weighted by atomic mass is 10.0. The predicted octanol–water partition coefficient (Wildman–Crippen LogP) is -1.18. The number of rotatable bonds is 7. The van der Waals surface area contributed by atoms with Gasteiger partial charge in [-0.05, 0) is 19.3 Å². The fourth-order valence-corrected chi connectivity index (χ4v) is 5.72. The molecule has 0 saturated carbocycles. The van der Waals surface area contributed by atoms with Crippen molar-refractivity contribution in [3.63, 3.8) is 0 Å². The van der Waals surface area contributed by atoms with Gasteiger partial charge in [0.05, 0.1) is 11.3 Å². The second-order valence-corrected chi connectivity index (χ2v) is 9.48. The summed E-state index contributed by atoms with van der Waals surface area (Å²) < 4.78 is 0. The fourth-order valence-electron chi connectivity index (χ4n) is 4.22. The third kappa shape index (κ3) is 4.84. The van der Waals surface area contributed by atoms with E-state index in [9.17, 15) is 19.2 Å². The van der Waals surface area contributed by atoms with Crippen LogP contribution in [0.1, 0.15) is 39.0 Å². The van der Waals surface area contributed by atoms with Crippen LogP contribution in [0.3, 0.4) is 0 Å². The summed E-state index contributed by atoms with van der Waals surface area (Å²) in [5.41, 5.74) is 11.5. The second kappa shape index (κ2) is 9.88. The van der Waals surface area contributed by atoms with Crippen LogP contribution in [0.2, 0.25) is 0 Å². The molecule has 0 aromatic heterocycles. The summed E-state index contributed by atoms with van der Waals surface area (Å²) in [6.45, 7) is 3.89. The van der Waals surface area contributed by atoms with Gasteiger partial charge < -0.3 is 21.7 Å². The molecule has 0 aromatic rings. The maximum atomic E-state index is 13.1. The van der Waals surface area contributed by atoms with Gasteiger partial charge in [-0.15, -0.1) is 11.8 Å². The van der Waals surface area contributed by atoms with E-state index in [1.807, 2.05) is 0 Å². The van der Waals surface area contributed by atoms with E-state index in [2.05, 4.69) is 17.2 Å². The van der Waals surface area contributed by atoms with E-state index in [0.717, 1.165) is 19.4 Å². The summed E-state index contributed by atoms with van der Waals surface area (Å²) in [6, 6.07) is -2.60. The first-order chi connectivity index (χ1) is 14.3. The normalized spacial score (nSPS) is 30.0. The van der Waals surface area contributed by atoms with Gasteiger partial charge in [0.1, 0.15) is 18.4 Å². The molecule has 10 nitrogen and oxygen atoms in total. The highest BCUT2D eigenvalue weighted by molar-refractivity contribution is 8.01. The van der Waals surface area contributed by atoms with E-state index >= 15 is 0 Å². The Morgan fingerprint density at radius 1 is 1.37 bits per heavy atom. The average Bonchev–Trinajstić information content (AvgIpc) is 3.35. The van der Waals surface area contributed by atoms with Crippen LogP contribution in [-0.2, 0) is 19.2 Å². The summed E-state index contributed by atoms with van der Waals surface area (Å²) in [4.78, 5) is 56.2. The molecule has 30 heavy (non-hydrogen) atoms. The Labute approximate surface area is 180 Å². The van der Waals surface area contributed by atoms with Crippen LogP contribution in [0.4, 0.5) is 0 Å². The van der Waals surface area contributed by atoms with Crippen LogP contribution in [0.25, 0.3) is 0 Å². The van der Waals surface area contributed by atoms with E-state index in [0.29, 0.717) is 31.2 Å². The van der Waals surface area contributed by atoms with Crippen LogP contribution in [-0.4, -0.2) is 88.0 Å². The van der Waals surface area contributed by atoms with Crippen LogP contribution in [0.15, 0.2) is 4.99 Å². The lowest BCUT2D eigenvalue weighted by Crippen LogP contribution is -2.54. The molecular formula is C19H30N6O4S. The van der Waals surface area contributed by atoms with E-state index < -0.39 is 35.8 Å². The fraction of sp³-hybridized carbons (Fsp3) is 0.737. The molecule has 0 aromatic carbocycles. The van der Waals surface area contributed by atoms with Gasteiger partial charge in [0.15, 0.2) is 0 Å². The number of hydrogen-bond donors (Lipinski definition) is 3. The number of nitrogens with two attached hydrogens (primary N) is 2. The van der Waals surface area contributed by atoms with E-state index in [4.69, 9.17) is 11.5 Å². The van der Waals surface area contributed by atoms with E-state index in [1.54, 1.807) is 11.8 Å². The maximum absolute atomic E-state index is 13.1. The number of nitrogens with zero attached hydrogens (tertiary/aromatic N) is 3. The highest BCUT2D eigenvalue weighted by atomic mass is 32.2. The summed E-state index contributed by atoms with van der Waals surface area (Å²) in [5.74, 6) is -1.68. The van der Waals surface area contributed by atoms with Gasteiger partial charge in [0.25, 0.3) is 5.91 Å². The highest BCUT2D eigenvalue weighted by Gasteiger charge is 2.42. The standard InChI is InChI=1S/C19H30N6O4S/c1-2-4-11-8-22-9-15(30-11)19(29)25-10-23-17(27)14(25)7-12(20)18(28)24-6-3-5-13(24)16(21)26/h10-15,22H,2-9,20H2,1H3,(H2,21,26)/t11?,12-,13-,14?,15?/m0/s1. The van der Waals surface area contributed by atoms with Gasteiger partial charge in [-0.3, -0.25) is 24.1 Å². The molecule has 2 saturated heterocycles. The second-order valence-electron chi connectivity index (χ2n) is 7.97. The maximum Gasteiger partial charge on any atom is 0.270 e. The number of thioether (sulfide) groups is 1. The molecule has 11 heteroatoms. The summed E-state index contributed by atoms with van der Waals surface area (Å²) >= 11 is 1.62. The zero-order valence-electron chi connectivity index (χ0n) is 17.2. The SMILES string of the molecule is CCCC1CNCC(C(=O)N2C=NC(=O)C2C[C@H](N)C(=O)N2CCC[C@H]2C(N)=O)S1. The van der Waals surface area contributed by atoms with Crippen molar-refractivity contribution < 1.29 is 19.2 Å². The molecule has 5 atom stereocenters. The summed E-state index contributed by atoms with van der Waals surface area (Å²) in [5, 5.41) is 3.31. The molecule has 2 fully saturated rings. The molecule has 4 amide bonds. The van der Waals surface area contributed by atoms with Gasteiger partial charge in [-0.2, -0.15) is 0 Å². The van der Waals surface area contributed by atoms with Crippen LogP contribution in [0, 0.1) is 0 Å². The number of likely N-dealkylation sites (tertiary alicyclic amines) is 1. The molecule has 3 unspecified atom stereocenters. The molecule has 3 aliphatic heterocycles. The minimum absolute atomic E-state index is 0.0470. The minimum atomic E-state index is -1.03. The quantitative estimate of drug-likeness (QED) is 0.452. The van der Waals surface area contributed by atoms with Gasteiger partial charge in [-0.1, -0.05) is 13.3 Å². The third-order valence-corrected chi connectivity index (χ3v) is 7.27. The van der Waals surface area contributed by atoms with Crippen LogP contribution < -0.4 is 16.8 Å². The lowest BCUT2D eigenvalue weighted by Gasteiger charge is -2.33. The smallest absolute Gasteiger partial charge is 0.270 e. The Hall–Kier alpha value is -1.98. The monoisotopic (exact) mass is 438 g/mol. The minimum Gasteiger partial charge on any atom is -0.368 e. The molecule has 5 N–H and O–H groups in total. The van der Waals surface area contributed by atoms with Crippen LogP contribution >= 0.6 is 11.8 Å². The molecule has 3 rings (SSSR count). The van der Waals surface area contributed by atoms with Gasteiger partial charge in [0, 0.05) is 31.3 Å². The Bertz CT molecular complexity index is 730. The first-order valence-corrected chi connectivity index (χ1v) is 11.4. The molecular weight excluding hydrogens is 408 g/mol. The van der Waals surface area contributed by atoms with Crippen molar-refractivity contribution >= 4 is 41.7 Å². The van der Waals surface area contributed by atoms with Gasteiger partial charge in [-0.25, -0.2) is 4.99 Å². The Kier molecular flexibility index (Phi) is 7.48. The molecule has 0 bridgehead atoms. The number of carbonyl (C=O) groups excluding carboxylic acids is 4. The molecule has 3 aliphatic rings. The number of aliphatic imine (C=N–C) groups is 1. The largest absolute Gasteiger partial charge is 0.368 e. The number of amides is 4. The van der Waals surface area contributed by atoms with Gasteiger partial charge in [0.2, 0.25) is 17.7 Å². The zero-order chi connectivity index (χ0) is 21.8. The van der Waals surface area contributed by atoms with Crippen molar-refractivity contribution in [3.8, 4) is 0 Å². The van der Waals surface area contributed by atoms with E-state index in [1.165, 1.54) is 16.1 Å². The lowest BCUT2D eigenvalue weighted by molar-refractivity contribution is -0.139. The Balaban J connectivity index is 1.64. The average molecular weight is 439 g/mol. The van der Waals surface area contributed by atoms with Crippen LogP contribution in [0.5, 0.6) is 0 Å². The zero-order valence-corrected chi connectivity index (χ0v) is 18.0. The number of hydrogen-bond acceptors (Lipinski definition) is 7. The first kappa shape index (κ1) is 22.7. The number of carbonyl (C=O) groups is 4. The molecule has 0 spiro atoms. The first-order valence-electron chi connectivity index (χ1n) is 10.4. The van der Waals surface area contributed by atoms with Crippen molar-refractivity contribution in [3.05, 3.63) is 0 Å². The van der Waals surface area contributed by atoms with Crippen molar-refractivity contribution in [1.29, 1.82) is 0 Å². The van der Waals surface area contributed by atoms with Crippen molar-refractivity contribution in [2.24, 2.45) is 16.5 Å². The topological polar surface area (TPSA) is 151 Å². The molecule has 166 valence electrons. The highest BCUT2D eigenvalue weighted by Crippen LogP contribution is 2.28. The van der Waals surface area contributed by atoms with Crippen molar-refractivity contribution in [1.82, 2.24) is 15.1 Å². The Morgan fingerprint density at radius 2 is 2.13 bits per heavy atom. The third-order valence-electron chi connectivity index (χ3n) is 5.79. The van der Waals surface area contributed by atoms with E-state index in [-0.39, 0.29) is 17.6 Å². The van der Waals surface area contributed by atoms with Crippen molar-refractivity contribution in [2.75, 3.05) is 19.6 Å². The molecule has 3 heterocycles. The van der Waals surface area contributed by atoms with Crippen molar-refractivity contribution in [2.45, 2.75) is 67.7 Å².